The van der Waals surface area contributed by atoms with Crippen molar-refractivity contribution < 1.29 is 0 Å². The van der Waals surface area contributed by atoms with Crippen LogP contribution in [-0.2, 0) is 13.0 Å². The van der Waals surface area contributed by atoms with Gasteiger partial charge in [-0.3, -0.25) is 0 Å². The van der Waals surface area contributed by atoms with E-state index in [2.05, 4.69) is 17.2 Å². The van der Waals surface area contributed by atoms with Crippen LogP contribution >= 0.6 is 11.6 Å². The van der Waals surface area contributed by atoms with Crippen molar-refractivity contribution in [3.8, 4) is 0 Å². The van der Waals surface area contributed by atoms with Crippen LogP contribution in [0.4, 0.5) is 0 Å². The highest BCUT2D eigenvalue weighted by molar-refractivity contribution is 6.30. The number of nitrogens with two attached hydrogens (primary N) is 1. The molecule has 2 N–H and O–H groups in total. The van der Waals surface area contributed by atoms with Crippen LogP contribution in [0.25, 0.3) is 0 Å². The van der Waals surface area contributed by atoms with Crippen LogP contribution < -0.4 is 5.73 Å². The molecule has 2 aromatic rings. The van der Waals surface area contributed by atoms with Gasteiger partial charge in [0.1, 0.15) is 5.15 Å². The third-order valence-corrected chi connectivity index (χ3v) is 3.11. The van der Waals surface area contributed by atoms with Gasteiger partial charge in [0, 0.05) is 5.56 Å². The van der Waals surface area contributed by atoms with Crippen molar-refractivity contribution in [2.45, 2.75) is 19.4 Å². The van der Waals surface area contributed by atoms with E-state index in [9.17, 15) is 0 Å². The molecule has 0 fully saturated rings. The summed E-state index contributed by atoms with van der Waals surface area (Å²) in [5.74, 6) is 0. The number of benzene rings is 1. The van der Waals surface area contributed by atoms with Gasteiger partial charge in [-0.1, -0.05) is 41.9 Å². The molecule has 0 saturated heterocycles. The van der Waals surface area contributed by atoms with Gasteiger partial charge in [-0.2, -0.15) is 5.10 Å². The van der Waals surface area contributed by atoms with E-state index in [1.54, 1.807) is 0 Å². The molecule has 0 bridgehead atoms. The Morgan fingerprint density at radius 2 is 2.00 bits per heavy atom. The number of aryl methyl sites for hydroxylation is 1. The number of halogens is 1. The van der Waals surface area contributed by atoms with Gasteiger partial charge in [0.25, 0.3) is 0 Å². The van der Waals surface area contributed by atoms with Gasteiger partial charge in [0.2, 0.25) is 0 Å². The van der Waals surface area contributed by atoms with E-state index in [0.717, 1.165) is 23.6 Å². The predicted molar refractivity (Wildman–Crippen MR) is 70.2 cm³/mol. The van der Waals surface area contributed by atoms with E-state index in [1.165, 1.54) is 5.56 Å². The maximum Gasteiger partial charge on any atom is 0.130 e. The number of nitrogens with zero attached hydrogens (tertiary/aromatic N) is 2. The molecule has 1 aromatic heterocycles. The van der Waals surface area contributed by atoms with Crippen LogP contribution in [0.1, 0.15) is 17.5 Å². The van der Waals surface area contributed by atoms with Crippen LogP contribution in [-0.4, -0.2) is 16.3 Å². The topological polar surface area (TPSA) is 43.8 Å². The minimum Gasteiger partial charge on any atom is -0.330 e. The van der Waals surface area contributed by atoms with Crippen molar-refractivity contribution in [2.24, 2.45) is 5.73 Å². The Hall–Kier alpha value is -1.32. The van der Waals surface area contributed by atoms with Gasteiger partial charge < -0.3 is 5.73 Å². The van der Waals surface area contributed by atoms with E-state index >= 15 is 0 Å². The summed E-state index contributed by atoms with van der Waals surface area (Å²) in [5.41, 5.74) is 7.76. The van der Waals surface area contributed by atoms with Crippen LogP contribution in [0.15, 0.2) is 36.5 Å². The Balaban J connectivity index is 2.09. The zero-order valence-corrected chi connectivity index (χ0v) is 10.4. The van der Waals surface area contributed by atoms with E-state index < -0.39 is 0 Å². The Morgan fingerprint density at radius 3 is 2.71 bits per heavy atom. The average molecular weight is 250 g/mol. The summed E-state index contributed by atoms with van der Waals surface area (Å²) in [6, 6.07) is 10.2. The smallest absolute Gasteiger partial charge is 0.130 e. The molecule has 0 aliphatic heterocycles. The normalized spacial score (nSPS) is 10.7. The molecular weight excluding hydrogens is 234 g/mol. The maximum absolute atomic E-state index is 6.27. The van der Waals surface area contributed by atoms with Crippen molar-refractivity contribution in [3.63, 3.8) is 0 Å². The summed E-state index contributed by atoms with van der Waals surface area (Å²) < 4.78 is 1.82. The molecule has 0 aliphatic carbocycles. The zero-order valence-electron chi connectivity index (χ0n) is 9.64. The van der Waals surface area contributed by atoms with Gasteiger partial charge in [-0.15, -0.1) is 0 Å². The molecule has 17 heavy (non-hydrogen) atoms. The van der Waals surface area contributed by atoms with Gasteiger partial charge in [0.05, 0.1) is 12.7 Å². The quantitative estimate of drug-likeness (QED) is 0.885. The second-order valence-electron chi connectivity index (χ2n) is 4.00. The SMILES string of the molecule is NCCCc1cnn(Cc2ccccc2)c1Cl. The van der Waals surface area contributed by atoms with Crippen LogP contribution in [0.5, 0.6) is 0 Å². The number of aromatic nitrogens is 2. The molecule has 0 saturated carbocycles. The maximum atomic E-state index is 6.27. The molecule has 0 aliphatic rings. The van der Waals surface area contributed by atoms with E-state index in [0.29, 0.717) is 13.1 Å². The summed E-state index contributed by atoms with van der Waals surface area (Å²) >= 11 is 6.27. The Morgan fingerprint density at radius 1 is 1.24 bits per heavy atom. The zero-order chi connectivity index (χ0) is 12.1. The summed E-state index contributed by atoms with van der Waals surface area (Å²) in [6.07, 6.45) is 3.67. The molecule has 0 unspecified atom stereocenters. The fourth-order valence-corrected chi connectivity index (χ4v) is 1.98. The molecule has 4 heteroatoms. The minimum atomic E-state index is 0.681. The first-order valence-corrected chi connectivity index (χ1v) is 6.13. The summed E-state index contributed by atoms with van der Waals surface area (Å²) in [7, 11) is 0. The molecular formula is C13H16ClN3. The number of hydrogen-bond donors (Lipinski definition) is 1. The second-order valence-corrected chi connectivity index (χ2v) is 4.35. The van der Waals surface area contributed by atoms with Crippen molar-refractivity contribution in [3.05, 3.63) is 52.8 Å². The highest BCUT2D eigenvalue weighted by atomic mass is 35.5. The average Bonchev–Trinajstić information content (AvgIpc) is 2.70. The lowest BCUT2D eigenvalue weighted by atomic mass is 10.2. The summed E-state index contributed by atoms with van der Waals surface area (Å²) in [5, 5.41) is 5.03. The molecule has 0 spiro atoms. The minimum absolute atomic E-state index is 0.681. The van der Waals surface area contributed by atoms with Gasteiger partial charge in [-0.25, -0.2) is 4.68 Å². The van der Waals surface area contributed by atoms with E-state index in [4.69, 9.17) is 17.3 Å². The fraction of sp³-hybridized carbons (Fsp3) is 0.308. The molecule has 1 heterocycles. The first-order valence-electron chi connectivity index (χ1n) is 5.75. The lowest BCUT2D eigenvalue weighted by molar-refractivity contribution is 0.686. The molecule has 0 amide bonds. The highest BCUT2D eigenvalue weighted by Crippen LogP contribution is 2.18. The molecule has 0 atom stereocenters. The Labute approximate surface area is 106 Å². The monoisotopic (exact) mass is 249 g/mol. The van der Waals surface area contributed by atoms with Crippen LogP contribution in [0.3, 0.4) is 0 Å². The third-order valence-electron chi connectivity index (χ3n) is 2.67. The van der Waals surface area contributed by atoms with Crippen LogP contribution in [0.2, 0.25) is 5.15 Å². The van der Waals surface area contributed by atoms with Crippen molar-refractivity contribution in [2.75, 3.05) is 6.54 Å². The van der Waals surface area contributed by atoms with Gasteiger partial charge >= 0.3 is 0 Å². The second kappa shape index (κ2) is 5.84. The number of hydrogen-bond acceptors (Lipinski definition) is 2. The largest absolute Gasteiger partial charge is 0.330 e. The lowest BCUT2D eigenvalue weighted by Gasteiger charge is -2.04. The lowest BCUT2D eigenvalue weighted by Crippen LogP contribution is -2.02. The molecule has 3 nitrogen and oxygen atoms in total. The first kappa shape index (κ1) is 12.1. The van der Waals surface area contributed by atoms with Crippen molar-refractivity contribution in [1.82, 2.24) is 9.78 Å². The van der Waals surface area contributed by atoms with Crippen molar-refractivity contribution >= 4 is 11.6 Å². The first-order chi connectivity index (χ1) is 8.31. The number of rotatable bonds is 5. The highest BCUT2D eigenvalue weighted by Gasteiger charge is 2.08. The van der Waals surface area contributed by atoms with Crippen LogP contribution in [0, 0.1) is 0 Å². The Bertz CT molecular complexity index is 465. The van der Waals surface area contributed by atoms with Gasteiger partial charge in [-0.05, 0) is 24.9 Å². The Kier molecular flexibility index (Phi) is 4.18. The molecule has 2 rings (SSSR count). The summed E-state index contributed by atoms with van der Waals surface area (Å²) in [4.78, 5) is 0. The predicted octanol–water partition coefficient (Wildman–Crippen LogP) is 2.48. The molecule has 0 radical (unpaired) electrons. The molecule has 1 aromatic carbocycles. The molecule has 90 valence electrons. The third kappa shape index (κ3) is 3.08. The van der Waals surface area contributed by atoms with Crippen molar-refractivity contribution in [1.29, 1.82) is 0 Å². The standard InChI is InChI=1S/C13H16ClN3/c14-13-12(7-4-8-15)9-16-17(13)10-11-5-2-1-3-6-11/h1-3,5-6,9H,4,7-8,10,15H2. The summed E-state index contributed by atoms with van der Waals surface area (Å²) in [6.45, 7) is 1.39. The fourth-order valence-electron chi connectivity index (χ4n) is 1.74. The van der Waals surface area contributed by atoms with Gasteiger partial charge in [0.15, 0.2) is 0 Å². The van der Waals surface area contributed by atoms with E-state index in [1.807, 2.05) is 29.1 Å². The van der Waals surface area contributed by atoms with E-state index in [-0.39, 0.29) is 0 Å².